The average Bonchev–Trinajstić information content (AvgIpc) is 3.81. The summed E-state index contributed by atoms with van der Waals surface area (Å²) in [5.41, 5.74) is 4.13. The fourth-order valence-electron chi connectivity index (χ4n) is 6.62. The predicted octanol–water partition coefficient (Wildman–Crippen LogP) is 4.74. The number of carbonyl (C=O) groups is 1. The first-order valence-corrected chi connectivity index (χ1v) is 15.9. The number of nitrogens with zero attached hydrogens (tertiary/aromatic N) is 4. The van der Waals surface area contributed by atoms with Crippen LogP contribution in [-0.2, 0) is 11.3 Å². The van der Waals surface area contributed by atoms with Crippen LogP contribution in [0.15, 0.2) is 59.7 Å². The molecule has 0 spiro atoms. The van der Waals surface area contributed by atoms with E-state index in [0.29, 0.717) is 60.2 Å². The Kier molecular flexibility index (Phi) is 7.61. The number of piperidine rings is 1. The molecule has 1 amide bonds. The van der Waals surface area contributed by atoms with Crippen molar-refractivity contribution in [3.8, 4) is 5.69 Å². The fraction of sp³-hybridized carbons (Fsp3) is 0.441. The zero-order valence-electron chi connectivity index (χ0n) is 25.1. The van der Waals surface area contributed by atoms with E-state index in [1.807, 2.05) is 24.3 Å². The third-order valence-corrected chi connectivity index (χ3v) is 9.76. The number of aromatic nitrogens is 3. The highest BCUT2D eigenvalue weighted by atomic mass is 35.5. The molecule has 2 atom stereocenters. The number of fused-ring (bicyclic) bond motifs is 1. The molecule has 3 aliphatic rings. The minimum absolute atomic E-state index is 0.0214. The van der Waals surface area contributed by atoms with Gasteiger partial charge in [0.15, 0.2) is 5.65 Å². The number of morpholine rings is 1. The lowest BCUT2D eigenvalue weighted by molar-refractivity contribution is -0.0299. The lowest BCUT2D eigenvalue weighted by Gasteiger charge is -2.38. The molecule has 0 radical (unpaired) electrons. The van der Waals surface area contributed by atoms with Crippen molar-refractivity contribution in [3.63, 3.8) is 0 Å². The summed E-state index contributed by atoms with van der Waals surface area (Å²) >= 11 is 6.68. The summed E-state index contributed by atoms with van der Waals surface area (Å²) in [5.74, 6) is 0.627. The molecule has 9 nitrogen and oxygen atoms in total. The highest BCUT2D eigenvalue weighted by molar-refractivity contribution is 6.31. The van der Waals surface area contributed by atoms with Gasteiger partial charge in [-0.05, 0) is 92.5 Å². The Morgan fingerprint density at radius 2 is 1.89 bits per heavy atom. The van der Waals surface area contributed by atoms with Gasteiger partial charge >= 0.3 is 0 Å². The largest absolute Gasteiger partial charge is 0.388 e. The lowest BCUT2D eigenvalue weighted by atomic mass is 9.90. The van der Waals surface area contributed by atoms with E-state index in [0.717, 1.165) is 23.4 Å². The van der Waals surface area contributed by atoms with Crippen molar-refractivity contribution in [3.05, 3.63) is 92.6 Å². The Balaban J connectivity index is 1.06. The standard InChI is InChI=1S/C34H38ClN5O4/c1-21-15-26(9-10-27(21)29-18-44-22(2)17-36-29)40-30(35)16-28-31(40)37-20-39(33(28)42)19-34(43)11-13-38(14-12-34)32(41)25-7-5-24(6-8-25)23-3-4-23/h5-10,15-16,20,22-23,29,36,43H,3-4,11-14,17-19H2,1-2H3/t22-,29-/m1/s1. The molecule has 230 valence electrons. The highest BCUT2D eigenvalue weighted by Gasteiger charge is 2.35. The molecule has 4 heterocycles. The van der Waals surface area contributed by atoms with Gasteiger partial charge < -0.3 is 20.1 Å². The number of rotatable bonds is 6. The minimum Gasteiger partial charge on any atom is -0.388 e. The van der Waals surface area contributed by atoms with E-state index < -0.39 is 5.60 Å². The molecule has 7 rings (SSSR count). The maximum atomic E-state index is 13.6. The number of hydrogen-bond donors (Lipinski definition) is 2. The maximum Gasteiger partial charge on any atom is 0.262 e. The first-order valence-electron chi connectivity index (χ1n) is 15.5. The quantitative estimate of drug-likeness (QED) is 0.325. The molecule has 3 fully saturated rings. The number of aliphatic hydroxyl groups is 1. The van der Waals surface area contributed by atoms with Gasteiger partial charge in [0, 0.05) is 30.9 Å². The van der Waals surface area contributed by atoms with Gasteiger partial charge in [-0.3, -0.25) is 18.7 Å². The molecular formula is C34H38ClN5O4. The van der Waals surface area contributed by atoms with Gasteiger partial charge in [-0.2, -0.15) is 0 Å². The van der Waals surface area contributed by atoms with Gasteiger partial charge in [0.25, 0.3) is 11.5 Å². The van der Waals surface area contributed by atoms with Gasteiger partial charge in [0.05, 0.1) is 36.3 Å². The molecule has 0 bridgehead atoms. The fourth-order valence-corrected chi connectivity index (χ4v) is 6.91. The number of aryl methyl sites for hydroxylation is 1. The summed E-state index contributed by atoms with van der Waals surface area (Å²) in [4.78, 5) is 33.1. The van der Waals surface area contributed by atoms with E-state index >= 15 is 0 Å². The predicted molar refractivity (Wildman–Crippen MR) is 170 cm³/mol. The SMILES string of the molecule is Cc1cc(-n2c(Cl)cc3c(=O)n(CC4(O)CCN(C(=O)c5ccc(C6CC6)cc5)CC4)cnc32)ccc1[C@H]1CO[C@H](C)CN1. The van der Waals surface area contributed by atoms with Crippen molar-refractivity contribution in [2.45, 2.75) is 69.7 Å². The van der Waals surface area contributed by atoms with Crippen molar-refractivity contribution in [2.75, 3.05) is 26.2 Å². The van der Waals surface area contributed by atoms with Crippen molar-refractivity contribution in [2.24, 2.45) is 0 Å². The summed E-state index contributed by atoms with van der Waals surface area (Å²) in [6.07, 6.45) is 4.88. The van der Waals surface area contributed by atoms with Gasteiger partial charge in [-0.15, -0.1) is 0 Å². The third kappa shape index (κ3) is 5.58. The molecule has 1 aliphatic carbocycles. The molecule has 2 saturated heterocycles. The van der Waals surface area contributed by atoms with Gasteiger partial charge in [-0.25, -0.2) is 4.98 Å². The number of nitrogens with one attached hydrogen (secondary N) is 1. The normalized spacial score (nSPS) is 22.0. The second kappa shape index (κ2) is 11.5. The Morgan fingerprint density at radius 1 is 1.14 bits per heavy atom. The number of hydrogen-bond acceptors (Lipinski definition) is 6. The van der Waals surface area contributed by atoms with Crippen LogP contribution >= 0.6 is 11.6 Å². The average molecular weight is 616 g/mol. The second-order valence-electron chi connectivity index (χ2n) is 12.8. The number of halogens is 1. The smallest absolute Gasteiger partial charge is 0.262 e. The molecule has 2 aliphatic heterocycles. The molecular weight excluding hydrogens is 578 g/mol. The van der Waals surface area contributed by atoms with Gasteiger partial charge in [0.2, 0.25) is 0 Å². The topological polar surface area (TPSA) is 102 Å². The molecule has 2 aromatic carbocycles. The van der Waals surface area contributed by atoms with E-state index in [1.54, 1.807) is 15.5 Å². The number of amides is 1. The first kappa shape index (κ1) is 29.2. The molecule has 2 aromatic heterocycles. The highest BCUT2D eigenvalue weighted by Crippen LogP contribution is 2.40. The molecule has 44 heavy (non-hydrogen) atoms. The zero-order chi connectivity index (χ0) is 30.6. The summed E-state index contributed by atoms with van der Waals surface area (Å²) < 4.78 is 9.08. The number of ether oxygens (including phenoxy) is 1. The van der Waals surface area contributed by atoms with Crippen LogP contribution in [0, 0.1) is 6.92 Å². The van der Waals surface area contributed by atoms with Crippen LogP contribution < -0.4 is 10.9 Å². The van der Waals surface area contributed by atoms with Crippen LogP contribution in [-0.4, -0.2) is 68.0 Å². The Bertz CT molecular complexity index is 1760. The van der Waals surface area contributed by atoms with Crippen molar-refractivity contribution < 1.29 is 14.6 Å². The molecule has 4 aromatic rings. The second-order valence-corrected chi connectivity index (χ2v) is 13.2. The van der Waals surface area contributed by atoms with Gasteiger partial charge in [-0.1, -0.05) is 29.8 Å². The Morgan fingerprint density at radius 3 is 2.55 bits per heavy atom. The minimum atomic E-state index is -1.13. The monoisotopic (exact) mass is 615 g/mol. The van der Waals surface area contributed by atoms with Crippen LogP contribution in [0.1, 0.15) is 71.6 Å². The van der Waals surface area contributed by atoms with Crippen molar-refractivity contribution in [1.29, 1.82) is 0 Å². The summed E-state index contributed by atoms with van der Waals surface area (Å²) in [5, 5.41) is 15.8. The number of likely N-dealkylation sites (tertiary alicyclic amines) is 1. The van der Waals surface area contributed by atoms with Crippen LogP contribution in [0.4, 0.5) is 0 Å². The summed E-state index contributed by atoms with van der Waals surface area (Å²) in [7, 11) is 0. The molecule has 1 saturated carbocycles. The molecule has 10 heteroatoms. The van der Waals surface area contributed by atoms with E-state index in [4.69, 9.17) is 16.3 Å². The van der Waals surface area contributed by atoms with Crippen LogP contribution in [0.5, 0.6) is 0 Å². The maximum absolute atomic E-state index is 13.6. The zero-order valence-corrected chi connectivity index (χ0v) is 25.9. The summed E-state index contributed by atoms with van der Waals surface area (Å²) in [6, 6.07) is 15.8. The van der Waals surface area contributed by atoms with E-state index in [2.05, 4.69) is 42.3 Å². The third-order valence-electron chi connectivity index (χ3n) is 9.48. The number of carbonyl (C=O) groups excluding carboxylic acids is 1. The molecule has 2 N–H and O–H groups in total. The Hall–Kier alpha value is -3.50. The first-order chi connectivity index (χ1) is 21.2. The van der Waals surface area contributed by atoms with Crippen molar-refractivity contribution in [1.82, 2.24) is 24.3 Å². The van der Waals surface area contributed by atoms with Gasteiger partial charge in [0.1, 0.15) is 11.5 Å². The number of benzene rings is 2. The molecule has 0 unspecified atom stereocenters. The van der Waals surface area contributed by atoms with Crippen LogP contribution in [0.2, 0.25) is 5.15 Å². The van der Waals surface area contributed by atoms with Crippen LogP contribution in [0.25, 0.3) is 16.7 Å². The van der Waals surface area contributed by atoms with E-state index in [-0.39, 0.29) is 30.2 Å². The Labute approximate surface area is 261 Å². The van der Waals surface area contributed by atoms with Crippen LogP contribution in [0.3, 0.4) is 0 Å². The van der Waals surface area contributed by atoms with E-state index in [9.17, 15) is 14.7 Å². The summed E-state index contributed by atoms with van der Waals surface area (Å²) in [6.45, 7) is 6.47. The van der Waals surface area contributed by atoms with Crippen molar-refractivity contribution >= 4 is 28.5 Å². The van der Waals surface area contributed by atoms with E-state index in [1.165, 1.54) is 29.3 Å². The lowest BCUT2D eigenvalue weighted by Crippen LogP contribution is -2.49.